The van der Waals surface area contributed by atoms with Crippen LogP contribution in [0.4, 0.5) is 23.1 Å². The molecule has 1 unspecified atom stereocenters. The third-order valence-corrected chi connectivity index (χ3v) is 11.7. The van der Waals surface area contributed by atoms with E-state index in [0.717, 1.165) is 30.7 Å². The number of anilines is 4. The Morgan fingerprint density at radius 1 is 1.01 bits per heavy atom. The van der Waals surface area contributed by atoms with Crippen molar-refractivity contribution in [2.24, 2.45) is 0 Å². The number of hydrogen-bond acceptors (Lipinski definition) is 15. The minimum Gasteiger partial charge on any atom is -0.516 e. The zero-order valence-electron chi connectivity index (χ0n) is 41.6. The molecular weight excluding hydrogens is 920 g/mol. The topological polar surface area (TPSA) is 222 Å². The Labute approximate surface area is 446 Å². The maximum absolute atomic E-state index is 13.2. The Bertz CT molecular complexity index is 2330. The number of methoxy groups -OCH3 is 1. The number of rotatable bonds is 20. The molecule has 0 radical (unpaired) electrons. The molecule has 4 amide bonds. The van der Waals surface area contributed by atoms with Crippen LogP contribution in [0.15, 0.2) is 42.3 Å². The molecule has 1 saturated heterocycles. The van der Waals surface area contributed by atoms with Crippen LogP contribution in [-0.4, -0.2) is 133 Å². The number of benzene rings is 2. The summed E-state index contributed by atoms with van der Waals surface area (Å²) in [5.41, 5.74) is 2.22. The molecule has 21 heteroatoms. The van der Waals surface area contributed by atoms with E-state index in [2.05, 4.69) is 63.0 Å². The van der Waals surface area contributed by atoms with E-state index in [1.165, 1.54) is 26.4 Å². The first kappa shape index (κ1) is 61.9. The van der Waals surface area contributed by atoms with Gasteiger partial charge in [-0.05, 0) is 62.9 Å². The van der Waals surface area contributed by atoms with Crippen molar-refractivity contribution >= 4 is 82.3 Å². The zero-order chi connectivity index (χ0) is 49.2. The average Bonchev–Trinajstić information content (AvgIpc) is 3.59. The number of allylic oxidation sites excluding steroid dienone is 1. The number of aromatic nitrogens is 2. The van der Waals surface area contributed by atoms with Crippen LogP contribution in [-0.2, 0) is 28.7 Å². The van der Waals surface area contributed by atoms with Gasteiger partial charge >= 0.3 is 37.7 Å². The van der Waals surface area contributed by atoms with Crippen LogP contribution in [0.5, 0.6) is 5.75 Å². The van der Waals surface area contributed by atoms with Gasteiger partial charge in [0.1, 0.15) is 10.8 Å². The number of carbonyl (C=O) groups is 6. The molecular formula is C50H62ClLi2N9O9-4. The Balaban J connectivity index is 0.000000478. The first-order valence-corrected chi connectivity index (χ1v) is 23.0. The fourth-order valence-electron chi connectivity index (χ4n) is 7.78. The van der Waals surface area contributed by atoms with Gasteiger partial charge in [0.05, 0.1) is 30.5 Å². The predicted octanol–water partition coefficient (Wildman–Crippen LogP) is -0.421. The number of amides is 4. The van der Waals surface area contributed by atoms with Gasteiger partial charge in [0.15, 0.2) is 18.2 Å². The molecule has 1 saturated carbocycles. The van der Waals surface area contributed by atoms with Crippen molar-refractivity contribution in [3.63, 3.8) is 0 Å². The number of ether oxygens (including phenoxy) is 2. The van der Waals surface area contributed by atoms with E-state index in [1.54, 1.807) is 36.6 Å². The molecule has 2 aliphatic heterocycles. The van der Waals surface area contributed by atoms with Crippen molar-refractivity contribution in [2.45, 2.75) is 76.3 Å². The van der Waals surface area contributed by atoms with E-state index < -0.39 is 17.9 Å². The first-order valence-electron chi connectivity index (χ1n) is 22.6. The molecule has 0 spiro atoms. The molecule has 71 heavy (non-hydrogen) atoms. The van der Waals surface area contributed by atoms with Gasteiger partial charge in [0, 0.05) is 75.5 Å². The predicted molar refractivity (Wildman–Crippen MR) is 264 cm³/mol. The Morgan fingerprint density at radius 3 is 2.41 bits per heavy atom. The van der Waals surface area contributed by atoms with Crippen LogP contribution in [0, 0.1) is 34.3 Å². The SMILES string of the molecule is [CH2-]CCC(=O)NC1CCN(c2ncc(Cl)c(Nc3cc(/C=C(\[C-]=O)OCC(=O)NC)[c-]c(OC)c3)n2)CC1.[CH2-]CN(C[CH2-])CCCNc1cccc2c1C(=O)N(C1CCC(=O)CCCC1=O)C2=O.[CH3-].[Li+].[Li+]. The summed E-state index contributed by atoms with van der Waals surface area (Å²) in [6, 6.07) is 10.7. The van der Waals surface area contributed by atoms with Gasteiger partial charge in [0.2, 0.25) is 11.9 Å². The van der Waals surface area contributed by atoms with Crippen molar-refractivity contribution in [1.82, 2.24) is 30.4 Å². The molecule has 3 aromatic rings. The minimum absolute atomic E-state index is 0. The summed E-state index contributed by atoms with van der Waals surface area (Å²) in [5, 5.41) is 12.2. The van der Waals surface area contributed by atoms with E-state index in [4.69, 9.17) is 21.1 Å². The molecule has 2 aromatic carbocycles. The molecule has 1 aliphatic carbocycles. The second-order valence-corrected chi connectivity index (χ2v) is 16.5. The quantitative estimate of drug-likeness (QED) is 0.0282. The zero-order valence-corrected chi connectivity index (χ0v) is 42.4. The number of likely N-dealkylation sites (N-methyl/N-ethyl adjacent to an activating group) is 1. The first-order chi connectivity index (χ1) is 32.8. The summed E-state index contributed by atoms with van der Waals surface area (Å²) in [7, 11) is 2.95. The largest absolute Gasteiger partial charge is 1.00 e. The molecule has 1 aromatic heterocycles. The summed E-state index contributed by atoms with van der Waals surface area (Å²) in [6.07, 6.45) is 9.44. The molecule has 0 bridgehead atoms. The van der Waals surface area contributed by atoms with Gasteiger partial charge in [-0.1, -0.05) is 29.8 Å². The summed E-state index contributed by atoms with van der Waals surface area (Å²) < 4.78 is 10.5. The molecule has 18 nitrogen and oxygen atoms in total. The van der Waals surface area contributed by atoms with Crippen molar-refractivity contribution in [1.29, 1.82) is 0 Å². The average molecular weight is 982 g/mol. The van der Waals surface area contributed by atoms with E-state index >= 15 is 0 Å². The van der Waals surface area contributed by atoms with Gasteiger partial charge in [0.25, 0.3) is 17.7 Å². The van der Waals surface area contributed by atoms with Crippen LogP contribution in [0.25, 0.3) is 6.08 Å². The summed E-state index contributed by atoms with van der Waals surface area (Å²) in [4.78, 5) is 99.5. The van der Waals surface area contributed by atoms with E-state index in [9.17, 15) is 33.6 Å². The van der Waals surface area contributed by atoms with Crippen molar-refractivity contribution in [2.75, 3.05) is 75.6 Å². The molecule has 3 aliphatic rings. The molecule has 374 valence electrons. The van der Waals surface area contributed by atoms with Crippen molar-refractivity contribution < 1.29 is 80.8 Å². The van der Waals surface area contributed by atoms with E-state index in [0.29, 0.717) is 109 Å². The summed E-state index contributed by atoms with van der Waals surface area (Å²) >= 11 is 6.38. The summed E-state index contributed by atoms with van der Waals surface area (Å²) in [6.45, 7) is 15.3. The minimum atomic E-state index is -0.864. The molecule has 2 fully saturated rings. The summed E-state index contributed by atoms with van der Waals surface area (Å²) in [5.74, 6) is -0.249. The third-order valence-electron chi connectivity index (χ3n) is 11.5. The number of nitrogens with zero attached hydrogens (tertiary/aromatic N) is 5. The number of Topliss-reactive ketones (excluding diaryl/α,β-unsaturated/α-hetero) is 2. The van der Waals surface area contributed by atoms with Crippen LogP contribution in [0.1, 0.15) is 90.5 Å². The van der Waals surface area contributed by atoms with E-state index in [-0.39, 0.29) is 106 Å². The van der Waals surface area contributed by atoms with Crippen molar-refractivity contribution in [3.05, 3.63) is 98.3 Å². The molecule has 4 N–H and O–H groups in total. The molecule has 6 rings (SSSR count). The number of nitrogens with one attached hydrogen (secondary N) is 4. The van der Waals surface area contributed by atoms with E-state index in [1.807, 2.05) is 4.90 Å². The van der Waals surface area contributed by atoms with Gasteiger partial charge in [-0.3, -0.25) is 33.7 Å². The monoisotopic (exact) mass is 981 g/mol. The number of fused-ring (bicyclic) bond motifs is 1. The number of hydrogen-bond donors (Lipinski definition) is 4. The number of piperidine rings is 1. The number of halogens is 1. The van der Waals surface area contributed by atoms with Gasteiger partial charge in [-0.15, -0.1) is 30.8 Å². The van der Waals surface area contributed by atoms with Gasteiger partial charge < -0.3 is 73.5 Å². The standard InChI is InChI=1S/C26H30ClN6O5.C23H29N3O4.CH3.2Li/c1-4-5-23(35)30-18-6-8-33(9-7-18)26-29-14-22(27)25(32-26)31-19-10-17(11-20(13-19)37-3)12-21(15-34)38-16-24(36)28-2;1-3-25(4-2)15-7-14-24-18-10-6-9-17-21(18)23(30)26(22(17)29)19-13-12-16(27)8-5-11-20(19)28;;;/h10,12-14,18H,1,4-9,16H2,2-3H3,(H,28,36)(H,30,35)(H,29,31,32);6,9-10,19,24H,1-5,7-8,11-15H2;1H3;;/q-3;-2;-1;2*+1/b21-12+;;;;. The molecule has 1 atom stereocenters. The van der Waals surface area contributed by atoms with Gasteiger partial charge in [-0.2, -0.15) is 11.4 Å². The Kier molecular flexibility index (Phi) is 27.3. The van der Waals surface area contributed by atoms with Crippen LogP contribution in [0.3, 0.4) is 0 Å². The second-order valence-electron chi connectivity index (χ2n) is 16.1. The Morgan fingerprint density at radius 2 is 1.75 bits per heavy atom. The van der Waals surface area contributed by atoms with Crippen LogP contribution >= 0.6 is 11.6 Å². The fourth-order valence-corrected chi connectivity index (χ4v) is 7.92. The third kappa shape index (κ3) is 17.8. The van der Waals surface area contributed by atoms with Crippen molar-refractivity contribution in [3.8, 4) is 5.75 Å². The maximum atomic E-state index is 13.2. The maximum Gasteiger partial charge on any atom is 1.00 e. The number of carbonyl (C=O) groups excluding carboxylic acids is 7. The Hall–Kier alpha value is -5.21. The fraction of sp³-hybridized carbons (Fsp3) is 0.420. The normalized spacial score (nSPS) is 15.9. The van der Waals surface area contributed by atoms with Crippen LogP contribution in [0.2, 0.25) is 5.02 Å². The number of ketones is 2. The molecule has 3 heterocycles. The second kappa shape index (κ2) is 31.3. The number of imide groups is 1. The van der Waals surface area contributed by atoms with Crippen LogP contribution < -0.4 is 68.6 Å². The smallest absolute Gasteiger partial charge is 0.516 e. The van der Waals surface area contributed by atoms with Gasteiger partial charge in [-0.25, -0.2) is 4.98 Å².